The number of anilines is 2. The number of aromatic nitrogens is 1. The van der Waals surface area contributed by atoms with E-state index in [0.717, 1.165) is 27.1 Å². The molecule has 51 heavy (non-hydrogen) atoms. The summed E-state index contributed by atoms with van der Waals surface area (Å²) in [7, 11) is 2.58. The number of phenols is 1. The number of nitrogens with zero attached hydrogens (tertiary/aromatic N) is 4. The number of imide groups is 2. The van der Waals surface area contributed by atoms with Gasteiger partial charge < -0.3 is 9.84 Å². The number of allylic oxidation sites excluding steroid dienone is 2. The first kappa shape index (κ1) is 34.7. The van der Waals surface area contributed by atoms with Crippen molar-refractivity contribution in [1.29, 1.82) is 0 Å². The first-order valence-corrected chi connectivity index (χ1v) is 16.5. The minimum atomic E-state index is -4.83. The highest BCUT2D eigenvalue weighted by atomic mass is 35.5. The Morgan fingerprint density at radius 1 is 0.980 bits per heavy atom. The Morgan fingerprint density at radius 2 is 1.71 bits per heavy atom. The van der Waals surface area contributed by atoms with Gasteiger partial charge in [0, 0.05) is 13.0 Å². The molecule has 2 aliphatic heterocycles. The van der Waals surface area contributed by atoms with Crippen LogP contribution in [0.5, 0.6) is 11.5 Å². The Bertz CT molecular complexity index is 2080. The predicted octanol–water partition coefficient (Wildman–Crippen LogP) is 6.54. The van der Waals surface area contributed by atoms with Crippen LogP contribution in [0.2, 0.25) is 10.0 Å². The minimum absolute atomic E-state index is 0.0357. The normalized spacial score (nSPS) is 27.3. The van der Waals surface area contributed by atoms with Crippen molar-refractivity contribution in [3.8, 4) is 11.5 Å². The Kier molecular flexibility index (Phi) is 8.14. The number of halogens is 6. The molecule has 3 heterocycles. The lowest BCUT2D eigenvalue weighted by molar-refractivity contribution is -0.141. The standard InChI is InChI=1S/C35H28Cl2F4N4O6/c1-34-20(31(48)44(33(34)50)16-5-9-23(38)22(37)13-16)14-19-17(28(34)15-4-10-25(51-3)24(46)12-15)6-7-18-27(19)32(49)45(30(18)47)43(2)29-21(36)8-11-26(42-29)35(39,40)41/h4-6,8-13,18-20,27-28,46H,7,14H2,1-3H3. The average molecular weight is 748 g/mol. The van der Waals surface area contributed by atoms with Gasteiger partial charge in [-0.2, -0.15) is 18.2 Å². The molecule has 7 rings (SSSR count). The molecular weight excluding hydrogens is 719 g/mol. The van der Waals surface area contributed by atoms with Crippen molar-refractivity contribution in [2.24, 2.45) is 29.1 Å². The highest BCUT2D eigenvalue weighted by Gasteiger charge is 2.68. The van der Waals surface area contributed by atoms with E-state index in [1.54, 1.807) is 19.1 Å². The summed E-state index contributed by atoms with van der Waals surface area (Å²) < 4.78 is 60.0. The SMILES string of the molecule is COc1ccc(C2C3=CCC4C(=O)N(N(C)c5nc(C(F)(F)F)ccc5Cl)C(=O)C4C3CC3C(=O)N(c4ccc(F)c(Cl)c4)C(=O)C32C)cc1O. The number of phenolic OH excluding ortho intramolecular Hbond substituents is 1. The van der Waals surface area contributed by atoms with Gasteiger partial charge >= 0.3 is 6.18 Å². The van der Waals surface area contributed by atoms with Crippen LogP contribution in [-0.2, 0) is 25.4 Å². The molecular formula is C35H28Cl2F4N4O6. The third-order valence-corrected chi connectivity index (χ3v) is 11.3. The zero-order valence-electron chi connectivity index (χ0n) is 27.0. The van der Waals surface area contributed by atoms with Gasteiger partial charge in [-0.25, -0.2) is 14.3 Å². The Hall–Kier alpha value is -4.69. The summed E-state index contributed by atoms with van der Waals surface area (Å²) in [4.78, 5) is 61.7. The van der Waals surface area contributed by atoms with Crippen LogP contribution in [0.15, 0.2) is 60.2 Å². The van der Waals surface area contributed by atoms with Gasteiger partial charge in [0.1, 0.15) is 11.5 Å². The second-order valence-corrected chi connectivity index (χ2v) is 14.0. The Balaban J connectivity index is 1.33. The molecule has 2 aliphatic carbocycles. The molecule has 10 nitrogen and oxygen atoms in total. The van der Waals surface area contributed by atoms with Crippen LogP contribution in [0, 0.1) is 34.9 Å². The van der Waals surface area contributed by atoms with Crippen LogP contribution in [0.4, 0.5) is 29.1 Å². The van der Waals surface area contributed by atoms with Crippen molar-refractivity contribution >= 4 is 58.3 Å². The molecule has 3 fully saturated rings. The van der Waals surface area contributed by atoms with Crippen molar-refractivity contribution in [2.45, 2.75) is 31.9 Å². The molecule has 4 aliphatic rings. The van der Waals surface area contributed by atoms with Crippen molar-refractivity contribution < 1.29 is 46.6 Å². The monoisotopic (exact) mass is 746 g/mol. The summed E-state index contributed by atoms with van der Waals surface area (Å²) in [6.07, 6.45) is -3.08. The maximum atomic E-state index is 14.5. The van der Waals surface area contributed by atoms with Gasteiger partial charge in [-0.3, -0.25) is 24.2 Å². The van der Waals surface area contributed by atoms with Crippen LogP contribution >= 0.6 is 23.2 Å². The molecule has 266 valence electrons. The minimum Gasteiger partial charge on any atom is -0.504 e. The van der Waals surface area contributed by atoms with Gasteiger partial charge in [0.25, 0.3) is 11.8 Å². The molecule has 0 radical (unpaired) electrons. The third kappa shape index (κ3) is 5.08. The molecule has 6 atom stereocenters. The predicted molar refractivity (Wildman–Crippen MR) is 175 cm³/mol. The molecule has 6 unspecified atom stereocenters. The summed E-state index contributed by atoms with van der Waals surface area (Å²) in [6, 6.07) is 9.68. The molecule has 1 saturated carbocycles. The van der Waals surface area contributed by atoms with E-state index in [1.807, 2.05) is 0 Å². The number of alkyl halides is 3. The highest BCUT2D eigenvalue weighted by Crippen LogP contribution is 2.64. The first-order valence-electron chi connectivity index (χ1n) is 15.8. The number of pyridine rings is 1. The van der Waals surface area contributed by atoms with Crippen LogP contribution in [0.3, 0.4) is 0 Å². The van der Waals surface area contributed by atoms with E-state index < -0.39 is 82.1 Å². The molecule has 3 aromatic rings. The number of hydrogen-bond acceptors (Lipinski definition) is 8. The van der Waals surface area contributed by atoms with E-state index >= 15 is 0 Å². The quantitative estimate of drug-likeness (QED) is 0.178. The number of benzene rings is 2. The average Bonchev–Trinajstić information content (AvgIpc) is 3.44. The van der Waals surface area contributed by atoms with E-state index in [9.17, 15) is 41.8 Å². The topological polar surface area (TPSA) is 120 Å². The zero-order chi connectivity index (χ0) is 36.9. The lowest BCUT2D eigenvalue weighted by atomic mass is 9.51. The molecule has 2 saturated heterocycles. The first-order chi connectivity index (χ1) is 24.0. The number of hydrogen-bond donors (Lipinski definition) is 1. The van der Waals surface area contributed by atoms with Gasteiger partial charge in [0.05, 0.1) is 46.0 Å². The van der Waals surface area contributed by atoms with Gasteiger partial charge in [0.2, 0.25) is 11.8 Å². The number of rotatable bonds is 5. The van der Waals surface area contributed by atoms with Crippen molar-refractivity contribution in [1.82, 2.24) is 9.99 Å². The number of fused-ring (bicyclic) bond motifs is 4. The van der Waals surface area contributed by atoms with Crippen LogP contribution in [-0.4, -0.2) is 52.9 Å². The number of carbonyl (C=O) groups excluding carboxylic acids is 4. The summed E-state index contributed by atoms with van der Waals surface area (Å²) in [5.41, 5.74) is -1.70. The van der Waals surface area contributed by atoms with E-state index in [-0.39, 0.29) is 40.1 Å². The maximum Gasteiger partial charge on any atom is 0.433 e. The van der Waals surface area contributed by atoms with Crippen LogP contribution in [0.25, 0.3) is 0 Å². The number of hydrazine groups is 1. The van der Waals surface area contributed by atoms with Gasteiger partial charge in [-0.1, -0.05) is 40.9 Å². The molecule has 1 aromatic heterocycles. The Morgan fingerprint density at radius 3 is 2.35 bits per heavy atom. The number of methoxy groups -OCH3 is 1. The highest BCUT2D eigenvalue weighted by molar-refractivity contribution is 6.33. The summed E-state index contributed by atoms with van der Waals surface area (Å²) in [5, 5.41) is 11.9. The fourth-order valence-corrected chi connectivity index (χ4v) is 8.74. The molecule has 2 aromatic carbocycles. The number of ether oxygens (including phenoxy) is 1. The number of amides is 4. The fraction of sp³-hybridized carbons (Fsp3) is 0.343. The zero-order valence-corrected chi connectivity index (χ0v) is 28.6. The number of carbonyl (C=O) groups is 4. The van der Waals surface area contributed by atoms with Crippen molar-refractivity contribution in [2.75, 3.05) is 24.1 Å². The summed E-state index contributed by atoms with van der Waals surface area (Å²) in [5.74, 6) is -8.73. The van der Waals surface area contributed by atoms with Gasteiger partial charge in [0.15, 0.2) is 17.3 Å². The maximum absolute atomic E-state index is 14.5. The second-order valence-electron chi connectivity index (χ2n) is 13.2. The molecule has 16 heteroatoms. The fourth-order valence-electron chi connectivity index (χ4n) is 8.34. The molecule has 0 bridgehead atoms. The van der Waals surface area contributed by atoms with Crippen molar-refractivity contribution in [3.63, 3.8) is 0 Å². The van der Waals surface area contributed by atoms with Gasteiger partial charge in [-0.15, -0.1) is 0 Å². The third-order valence-electron chi connectivity index (χ3n) is 10.7. The summed E-state index contributed by atoms with van der Waals surface area (Å²) >= 11 is 12.3. The van der Waals surface area contributed by atoms with Crippen LogP contribution < -0.4 is 14.6 Å². The van der Waals surface area contributed by atoms with E-state index in [4.69, 9.17) is 27.9 Å². The second kappa shape index (κ2) is 11.9. The number of aromatic hydroxyl groups is 1. The molecule has 1 N–H and O–H groups in total. The van der Waals surface area contributed by atoms with Crippen LogP contribution in [0.1, 0.15) is 36.9 Å². The smallest absolute Gasteiger partial charge is 0.433 e. The van der Waals surface area contributed by atoms with E-state index in [1.165, 1.54) is 38.4 Å². The lowest BCUT2D eigenvalue weighted by Crippen LogP contribution is -2.49. The largest absolute Gasteiger partial charge is 0.504 e. The van der Waals surface area contributed by atoms with Crippen molar-refractivity contribution in [3.05, 3.63) is 87.3 Å². The van der Waals surface area contributed by atoms with E-state index in [2.05, 4.69) is 4.98 Å². The molecule has 4 amide bonds. The Labute approximate surface area is 298 Å². The van der Waals surface area contributed by atoms with E-state index in [0.29, 0.717) is 17.2 Å². The molecule has 0 spiro atoms. The lowest BCUT2D eigenvalue weighted by Gasteiger charge is -2.49. The van der Waals surface area contributed by atoms with Gasteiger partial charge in [-0.05, 0) is 73.7 Å². The summed E-state index contributed by atoms with van der Waals surface area (Å²) in [6.45, 7) is 1.63.